The van der Waals surface area contributed by atoms with Crippen LogP contribution in [0.25, 0.3) is 11.2 Å². The molecule has 0 spiro atoms. The third-order valence-corrected chi connectivity index (χ3v) is 8.15. The second-order valence-electron chi connectivity index (χ2n) is 9.93. The topological polar surface area (TPSA) is 131 Å². The number of amides is 2. The highest BCUT2D eigenvalue weighted by Gasteiger charge is 2.30. The maximum absolute atomic E-state index is 11.9. The van der Waals surface area contributed by atoms with Crippen molar-refractivity contribution in [1.29, 1.82) is 0 Å². The van der Waals surface area contributed by atoms with Gasteiger partial charge in [-0.15, -0.1) is 0 Å². The summed E-state index contributed by atoms with van der Waals surface area (Å²) in [7, 11) is 0. The van der Waals surface area contributed by atoms with Crippen LogP contribution in [-0.4, -0.2) is 55.4 Å². The van der Waals surface area contributed by atoms with E-state index < -0.39 is 0 Å². The second kappa shape index (κ2) is 11.1. The summed E-state index contributed by atoms with van der Waals surface area (Å²) in [5, 5.41) is 7.83. The van der Waals surface area contributed by atoms with Gasteiger partial charge in [-0.25, -0.2) is 9.97 Å². The Morgan fingerprint density at radius 2 is 1.76 bits per heavy atom. The molecule has 1 aliphatic carbocycles. The third-order valence-electron chi connectivity index (χ3n) is 7.34. The summed E-state index contributed by atoms with van der Waals surface area (Å²) in [6.07, 6.45) is 6.34. The monoisotopic (exact) mass is 578 g/mol. The highest BCUT2D eigenvalue weighted by Crippen LogP contribution is 2.40. The molecule has 5 rings (SSSR count). The molecular weight excluding hydrogens is 551 g/mol. The SMILES string of the molecule is CC(=O)N1CCC[C@@H](Nc2ncc3nc(Nc4c(Cl)cc(Cl)cc4Cl)n([C@H]4CC[C@H](C(N)=O)CC4)c3n2)C1. The van der Waals surface area contributed by atoms with Crippen molar-refractivity contribution in [3.8, 4) is 0 Å². The number of rotatable bonds is 6. The predicted molar refractivity (Wildman–Crippen MR) is 149 cm³/mol. The Morgan fingerprint density at radius 1 is 1.05 bits per heavy atom. The first-order valence-corrected chi connectivity index (χ1v) is 13.8. The zero-order valence-electron chi connectivity index (χ0n) is 20.9. The van der Waals surface area contributed by atoms with E-state index in [4.69, 9.17) is 50.5 Å². The molecule has 1 saturated carbocycles. The summed E-state index contributed by atoms with van der Waals surface area (Å²) < 4.78 is 2.03. The molecule has 2 amide bonds. The average Bonchev–Trinajstić information content (AvgIpc) is 3.23. The van der Waals surface area contributed by atoms with Gasteiger partial charge in [0.05, 0.1) is 21.9 Å². The number of hydrogen-bond donors (Lipinski definition) is 3. The van der Waals surface area contributed by atoms with E-state index >= 15 is 0 Å². The van der Waals surface area contributed by atoms with E-state index in [1.54, 1.807) is 25.3 Å². The normalized spacial score (nSPS) is 21.9. The lowest BCUT2D eigenvalue weighted by Gasteiger charge is -2.32. The van der Waals surface area contributed by atoms with Crippen LogP contribution in [0.1, 0.15) is 51.5 Å². The van der Waals surface area contributed by atoms with Crippen LogP contribution in [0.3, 0.4) is 0 Å². The molecule has 1 aliphatic heterocycles. The molecule has 38 heavy (non-hydrogen) atoms. The first kappa shape index (κ1) is 26.8. The lowest BCUT2D eigenvalue weighted by atomic mass is 9.85. The van der Waals surface area contributed by atoms with E-state index in [-0.39, 0.29) is 29.8 Å². The van der Waals surface area contributed by atoms with Crippen LogP contribution in [0, 0.1) is 5.92 Å². The van der Waals surface area contributed by atoms with Gasteiger partial charge in [0.1, 0.15) is 5.52 Å². The number of anilines is 3. The van der Waals surface area contributed by atoms with E-state index in [2.05, 4.69) is 15.6 Å². The van der Waals surface area contributed by atoms with E-state index in [0.717, 1.165) is 32.2 Å². The molecule has 1 aromatic carbocycles. The van der Waals surface area contributed by atoms with Gasteiger partial charge in [0, 0.05) is 43.0 Å². The Kier molecular flexibility index (Phi) is 7.83. The average molecular weight is 580 g/mol. The summed E-state index contributed by atoms with van der Waals surface area (Å²) in [6.45, 7) is 2.96. The number of nitrogens with one attached hydrogen (secondary N) is 2. The van der Waals surface area contributed by atoms with Crippen molar-refractivity contribution < 1.29 is 9.59 Å². The van der Waals surface area contributed by atoms with Gasteiger partial charge in [0.25, 0.3) is 0 Å². The van der Waals surface area contributed by atoms with Crippen molar-refractivity contribution in [3.63, 3.8) is 0 Å². The fraction of sp³-hybridized carbons (Fsp3) is 0.480. The second-order valence-corrected chi connectivity index (χ2v) is 11.2. The number of piperidine rings is 1. The van der Waals surface area contributed by atoms with E-state index in [0.29, 0.717) is 63.2 Å². The molecule has 2 aliphatic rings. The smallest absolute Gasteiger partial charge is 0.225 e. The number of nitrogens with zero attached hydrogens (tertiary/aromatic N) is 5. The number of likely N-dealkylation sites (tertiary alicyclic amines) is 1. The van der Waals surface area contributed by atoms with Crippen LogP contribution in [-0.2, 0) is 9.59 Å². The summed E-state index contributed by atoms with van der Waals surface area (Å²) in [5.41, 5.74) is 7.31. The zero-order valence-corrected chi connectivity index (χ0v) is 23.2. The Hall–Kier alpha value is -2.82. The summed E-state index contributed by atoms with van der Waals surface area (Å²) in [5.74, 6) is 0.639. The van der Waals surface area contributed by atoms with Gasteiger partial charge in [0.15, 0.2) is 5.65 Å². The molecule has 10 nitrogen and oxygen atoms in total. The molecular formula is C25H29Cl3N8O2. The molecule has 3 aromatic rings. The number of nitrogens with two attached hydrogens (primary N) is 1. The number of hydrogen-bond acceptors (Lipinski definition) is 7. The number of imidazole rings is 1. The molecule has 4 N–H and O–H groups in total. The number of carbonyl (C=O) groups is 2. The fourth-order valence-electron chi connectivity index (χ4n) is 5.35. The van der Waals surface area contributed by atoms with E-state index in [9.17, 15) is 9.59 Å². The molecule has 202 valence electrons. The molecule has 1 saturated heterocycles. The first-order chi connectivity index (χ1) is 18.2. The minimum absolute atomic E-state index is 0.0218. The first-order valence-electron chi connectivity index (χ1n) is 12.7. The third kappa shape index (κ3) is 5.62. The van der Waals surface area contributed by atoms with Gasteiger partial charge < -0.3 is 21.3 Å². The van der Waals surface area contributed by atoms with E-state index in [1.165, 1.54) is 0 Å². The lowest BCUT2D eigenvalue weighted by molar-refractivity contribution is -0.129. The quantitative estimate of drug-likeness (QED) is 0.367. The standard InChI is InChI=1S/C25H29Cl3N8O2/c1-13(37)35-8-2-3-16(12-35)31-24-30-11-20-23(34-24)36(17-6-4-14(5-7-17)22(29)38)25(32-20)33-21-18(27)9-15(26)10-19(21)28/h9-11,14,16-17H,2-8,12H2,1H3,(H2,29,38)(H,32,33)(H,30,31,34)/t14-,16-,17-/m1/s1. The van der Waals surface area contributed by atoms with Gasteiger partial charge in [-0.2, -0.15) is 4.98 Å². The number of benzene rings is 1. The number of primary amides is 1. The summed E-state index contributed by atoms with van der Waals surface area (Å²) in [6, 6.07) is 3.29. The minimum atomic E-state index is -0.266. The highest BCUT2D eigenvalue weighted by molar-refractivity contribution is 6.41. The largest absolute Gasteiger partial charge is 0.369 e. The van der Waals surface area contributed by atoms with Crippen LogP contribution in [0.4, 0.5) is 17.6 Å². The molecule has 0 unspecified atom stereocenters. The van der Waals surface area contributed by atoms with Crippen molar-refractivity contribution in [2.75, 3.05) is 23.7 Å². The van der Waals surface area contributed by atoms with Crippen molar-refractivity contribution in [3.05, 3.63) is 33.4 Å². The van der Waals surface area contributed by atoms with Gasteiger partial charge >= 0.3 is 0 Å². The van der Waals surface area contributed by atoms with Crippen LogP contribution in [0.5, 0.6) is 0 Å². The van der Waals surface area contributed by atoms with Crippen LogP contribution >= 0.6 is 34.8 Å². The van der Waals surface area contributed by atoms with E-state index in [1.807, 2.05) is 9.47 Å². The highest BCUT2D eigenvalue weighted by atomic mass is 35.5. The maximum Gasteiger partial charge on any atom is 0.225 e. The molecule has 13 heteroatoms. The predicted octanol–water partition coefficient (Wildman–Crippen LogP) is 5.17. The van der Waals surface area contributed by atoms with Gasteiger partial charge in [-0.1, -0.05) is 34.8 Å². The molecule has 3 heterocycles. The molecule has 1 atom stereocenters. The summed E-state index contributed by atoms with van der Waals surface area (Å²) >= 11 is 19.0. The summed E-state index contributed by atoms with van der Waals surface area (Å²) in [4.78, 5) is 39.6. The Labute approximate surface area is 235 Å². The number of aromatic nitrogens is 4. The molecule has 2 aromatic heterocycles. The lowest BCUT2D eigenvalue weighted by Crippen LogP contribution is -2.44. The van der Waals surface area contributed by atoms with Crippen LogP contribution in [0.15, 0.2) is 18.3 Å². The van der Waals surface area contributed by atoms with Crippen LogP contribution < -0.4 is 16.4 Å². The van der Waals surface area contributed by atoms with Crippen molar-refractivity contribution in [2.45, 2.75) is 57.5 Å². The maximum atomic E-state index is 11.9. The number of carbonyl (C=O) groups excluding carboxylic acids is 2. The Balaban J connectivity index is 1.50. The number of halogens is 3. The van der Waals surface area contributed by atoms with Gasteiger partial charge in [0.2, 0.25) is 23.7 Å². The molecule has 0 bridgehead atoms. The molecule has 2 fully saturated rings. The molecule has 0 radical (unpaired) electrons. The Morgan fingerprint density at radius 3 is 2.42 bits per heavy atom. The number of fused-ring (bicyclic) bond motifs is 1. The van der Waals surface area contributed by atoms with Crippen molar-refractivity contribution in [1.82, 2.24) is 24.4 Å². The van der Waals surface area contributed by atoms with Crippen molar-refractivity contribution in [2.24, 2.45) is 11.7 Å². The van der Waals surface area contributed by atoms with Gasteiger partial charge in [-0.05, 0) is 50.7 Å². The minimum Gasteiger partial charge on any atom is -0.369 e. The fourth-order valence-corrected chi connectivity index (χ4v) is 6.26. The zero-order chi connectivity index (χ0) is 27.0. The Bertz CT molecular complexity index is 1350. The van der Waals surface area contributed by atoms with Crippen LogP contribution in [0.2, 0.25) is 15.1 Å². The van der Waals surface area contributed by atoms with Gasteiger partial charge in [-0.3, -0.25) is 14.2 Å². The van der Waals surface area contributed by atoms with Crippen molar-refractivity contribution >= 4 is 75.4 Å².